The maximum absolute atomic E-state index is 9.27. The number of aliphatic hydroxyl groups excluding tert-OH is 1. The van der Waals surface area contributed by atoms with E-state index in [4.69, 9.17) is 9.47 Å². The predicted molar refractivity (Wildman–Crippen MR) is 57.4 cm³/mol. The zero-order chi connectivity index (χ0) is 10.8. The monoisotopic (exact) mass is 204 g/mol. The van der Waals surface area contributed by atoms with Gasteiger partial charge in [0.05, 0.1) is 25.4 Å². The Bertz CT molecular complexity index is 115. The van der Waals surface area contributed by atoms with Crippen molar-refractivity contribution in [3.8, 4) is 0 Å². The second kappa shape index (κ2) is 9.44. The zero-order valence-electron chi connectivity index (χ0n) is 9.66. The molecule has 0 aromatic carbocycles. The molecule has 2 unspecified atom stereocenters. The van der Waals surface area contributed by atoms with Crippen molar-refractivity contribution in [1.82, 2.24) is 0 Å². The number of rotatable bonds is 9. The molecule has 2 atom stereocenters. The van der Waals surface area contributed by atoms with Crippen LogP contribution in [0.25, 0.3) is 0 Å². The van der Waals surface area contributed by atoms with Gasteiger partial charge in [-0.2, -0.15) is 0 Å². The summed E-state index contributed by atoms with van der Waals surface area (Å²) in [6.45, 7) is 5.22. The summed E-state index contributed by atoms with van der Waals surface area (Å²) in [6.07, 6.45) is 3.99. The molecule has 0 aromatic heterocycles. The largest absolute Gasteiger partial charge is 0.393 e. The van der Waals surface area contributed by atoms with Crippen LogP contribution in [0.15, 0.2) is 0 Å². The Hall–Kier alpha value is -0.120. The zero-order valence-corrected chi connectivity index (χ0v) is 9.66. The van der Waals surface area contributed by atoms with Crippen molar-refractivity contribution in [3.63, 3.8) is 0 Å². The molecule has 0 heterocycles. The minimum atomic E-state index is -0.278. The first-order chi connectivity index (χ1) is 6.70. The van der Waals surface area contributed by atoms with Crippen molar-refractivity contribution in [3.05, 3.63) is 0 Å². The van der Waals surface area contributed by atoms with Crippen LogP contribution in [0.5, 0.6) is 0 Å². The van der Waals surface area contributed by atoms with E-state index in [0.717, 1.165) is 19.3 Å². The van der Waals surface area contributed by atoms with Crippen LogP contribution in [0.3, 0.4) is 0 Å². The number of aliphatic hydroxyl groups is 1. The van der Waals surface area contributed by atoms with Crippen LogP contribution < -0.4 is 0 Å². The summed E-state index contributed by atoms with van der Waals surface area (Å²) in [5.41, 5.74) is 0. The Morgan fingerprint density at radius 3 is 2.50 bits per heavy atom. The van der Waals surface area contributed by atoms with Gasteiger partial charge < -0.3 is 14.6 Å². The molecule has 0 radical (unpaired) electrons. The SMILES string of the molecule is CCCCC(CC(C)O)OCCOC. The van der Waals surface area contributed by atoms with E-state index < -0.39 is 0 Å². The van der Waals surface area contributed by atoms with Crippen molar-refractivity contribution in [1.29, 1.82) is 0 Å². The first-order valence-electron chi connectivity index (χ1n) is 5.49. The summed E-state index contributed by atoms with van der Waals surface area (Å²) in [5.74, 6) is 0. The average molecular weight is 204 g/mol. The highest BCUT2D eigenvalue weighted by Crippen LogP contribution is 2.11. The molecule has 86 valence electrons. The molecule has 0 amide bonds. The lowest BCUT2D eigenvalue weighted by atomic mass is 10.1. The third-order valence-corrected chi connectivity index (χ3v) is 2.12. The molecular formula is C11H24O3. The summed E-state index contributed by atoms with van der Waals surface area (Å²) < 4.78 is 10.5. The normalized spacial score (nSPS) is 15.4. The highest BCUT2D eigenvalue weighted by Gasteiger charge is 2.11. The molecule has 0 rings (SSSR count). The molecule has 0 fully saturated rings. The minimum absolute atomic E-state index is 0.185. The summed E-state index contributed by atoms with van der Waals surface area (Å²) >= 11 is 0. The molecule has 0 aromatic rings. The smallest absolute Gasteiger partial charge is 0.0704 e. The standard InChI is InChI=1S/C11H24O3/c1-4-5-6-11(9-10(2)12)14-8-7-13-3/h10-12H,4-9H2,1-3H3. The Morgan fingerprint density at radius 1 is 1.29 bits per heavy atom. The van der Waals surface area contributed by atoms with Crippen molar-refractivity contribution in [2.75, 3.05) is 20.3 Å². The topological polar surface area (TPSA) is 38.7 Å². The van der Waals surface area contributed by atoms with Gasteiger partial charge in [-0.05, 0) is 19.8 Å². The molecule has 3 nitrogen and oxygen atoms in total. The fourth-order valence-corrected chi connectivity index (χ4v) is 1.38. The van der Waals surface area contributed by atoms with Gasteiger partial charge in [0, 0.05) is 7.11 Å². The maximum atomic E-state index is 9.27. The molecule has 0 aliphatic rings. The van der Waals surface area contributed by atoms with Crippen molar-refractivity contribution >= 4 is 0 Å². The van der Waals surface area contributed by atoms with Crippen molar-refractivity contribution in [2.24, 2.45) is 0 Å². The Balaban J connectivity index is 3.61. The van der Waals surface area contributed by atoms with E-state index >= 15 is 0 Å². The lowest BCUT2D eigenvalue weighted by molar-refractivity contribution is -0.0107. The summed E-state index contributed by atoms with van der Waals surface area (Å²) in [5, 5.41) is 9.27. The van der Waals surface area contributed by atoms with Gasteiger partial charge in [0.2, 0.25) is 0 Å². The number of hydrogen-bond acceptors (Lipinski definition) is 3. The van der Waals surface area contributed by atoms with Crippen LogP contribution in [0, 0.1) is 0 Å². The highest BCUT2D eigenvalue weighted by molar-refractivity contribution is 4.62. The molecule has 3 heteroatoms. The number of hydrogen-bond donors (Lipinski definition) is 1. The fraction of sp³-hybridized carbons (Fsp3) is 1.00. The first kappa shape index (κ1) is 13.9. The van der Waals surface area contributed by atoms with Gasteiger partial charge in [0.25, 0.3) is 0 Å². The quantitative estimate of drug-likeness (QED) is 0.584. The molecule has 1 N–H and O–H groups in total. The molecular weight excluding hydrogens is 180 g/mol. The molecule has 14 heavy (non-hydrogen) atoms. The van der Waals surface area contributed by atoms with Gasteiger partial charge in [-0.15, -0.1) is 0 Å². The van der Waals surface area contributed by atoms with Gasteiger partial charge in [0.1, 0.15) is 0 Å². The molecule has 0 spiro atoms. The van der Waals surface area contributed by atoms with Crippen LogP contribution in [0.4, 0.5) is 0 Å². The second-order valence-corrected chi connectivity index (χ2v) is 3.71. The molecule has 0 saturated heterocycles. The van der Waals surface area contributed by atoms with E-state index in [2.05, 4.69) is 6.92 Å². The number of ether oxygens (including phenoxy) is 2. The van der Waals surface area contributed by atoms with Gasteiger partial charge in [-0.3, -0.25) is 0 Å². The minimum Gasteiger partial charge on any atom is -0.393 e. The van der Waals surface area contributed by atoms with Crippen molar-refractivity contribution < 1.29 is 14.6 Å². The Kier molecular flexibility index (Phi) is 9.35. The molecule has 0 saturated carbocycles. The third-order valence-electron chi connectivity index (χ3n) is 2.12. The van der Waals surface area contributed by atoms with Gasteiger partial charge in [-0.25, -0.2) is 0 Å². The summed E-state index contributed by atoms with van der Waals surface area (Å²) in [7, 11) is 1.67. The fourth-order valence-electron chi connectivity index (χ4n) is 1.38. The average Bonchev–Trinajstić information content (AvgIpc) is 2.13. The van der Waals surface area contributed by atoms with Crippen LogP contribution >= 0.6 is 0 Å². The van der Waals surface area contributed by atoms with Crippen LogP contribution in [-0.2, 0) is 9.47 Å². The Morgan fingerprint density at radius 2 is 2.00 bits per heavy atom. The van der Waals surface area contributed by atoms with E-state index in [1.165, 1.54) is 6.42 Å². The number of unbranched alkanes of at least 4 members (excludes halogenated alkanes) is 1. The predicted octanol–water partition coefficient (Wildman–Crippen LogP) is 1.98. The maximum Gasteiger partial charge on any atom is 0.0704 e. The van der Waals surface area contributed by atoms with Crippen molar-refractivity contribution in [2.45, 2.75) is 51.7 Å². The molecule has 0 aliphatic heterocycles. The molecule has 0 aliphatic carbocycles. The van der Waals surface area contributed by atoms with Gasteiger partial charge >= 0.3 is 0 Å². The number of methoxy groups -OCH3 is 1. The summed E-state index contributed by atoms with van der Waals surface area (Å²) in [4.78, 5) is 0. The Labute approximate surface area is 87.4 Å². The highest BCUT2D eigenvalue weighted by atomic mass is 16.5. The summed E-state index contributed by atoms with van der Waals surface area (Å²) in [6, 6.07) is 0. The van der Waals surface area contributed by atoms with Crippen LogP contribution in [-0.4, -0.2) is 37.6 Å². The van der Waals surface area contributed by atoms with E-state index in [1.807, 2.05) is 0 Å². The lowest BCUT2D eigenvalue weighted by Gasteiger charge is -2.18. The van der Waals surface area contributed by atoms with Crippen LogP contribution in [0.2, 0.25) is 0 Å². The van der Waals surface area contributed by atoms with E-state index in [0.29, 0.717) is 13.2 Å². The second-order valence-electron chi connectivity index (χ2n) is 3.71. The lowest BCUT2D eigenvalue weighted by Crippen LogP contribution is -2.21. The molecule has 0 bridgehead atoms. The van der Waals surface area contributed by atoms with Gasteiger partial charge in [0.15, 0.2) is 0 Å². The van der Waals surface area contributed by atoms with Gasteiger partial charge in [-0.1, -0.05) is 19.8 Å². The third kappa shape index (κ3) is 8.48. The van der Waals surface area contributed by atoms with E-state index in [1.54, 1.807) is 14.0 Å². The van der Waals surface area contributed by atoms with E-state index in [-0.39, 0.29) is 12.2 Å². The first-order valence-corrected chi connectivity index (χ1v) is 5.49. The van der Waals surface area contributed by atoms with Crippen LogP contribution in [0.1, 0.15) is 39.5 Å². The van der Waals surface area contributed by atoms with E-state index in [9.17, 15) is 5.11 Å².